The van der Waals surface area contributed by atoms with Crippen LogP contribution in [0.3, 0.4) is 0 Å². The van der Waals surface area contributed by atoms with Crippen LogP contribution in [-0.4, -0.2) is 34.7 Å². The number of carbonyl (C=O) groups excluding carboxylic acids is 3. The molecule has 106 valence electrons. The quantitative estimate of drug-likeness (QED) is 0.744. The molecule has 1 aromatic carbocycles. The Morgan fingerprint density at radius 2 is 1.90 bits per heavy atom. The maximum Gasteiger partial charge on any atom is 0.255 e. The van der Waals surface area contributed by atoms with Crippen molar-refractivity contribution in [2.24, 2.45) is 5.73 Å². The Labute approximate surface area is 116 Å². The van der Waals surface area contributed by atoms with Crippen molar-refractivity contribution in [3.8, 4) is 0 Å². The van der Waals surface area contributed by atoms with Gasteiger partial charge in [-0.05, 0) is 31.5 Å². The summed E-state index contributed by atoms with van der Waals surface area (Å²) in [6.07, 6.45) is 0. The van der Waals surface area contributed by atoms with Crippen LogP contribution in [0.5, 0.6) is 0 Å². The fourth-order valence-corrected chi connectivity index (χ4v) is 2.05. The summed E-state index contributed by atoms with van der Waals surface area (Å²) in [5.74, 6) is -1.29. The third-order valence-corrected chi connectivity index (χ3v) is 3.47. The second-order valence-corrected chi connectivity index (χ2v) is 5.23. The number of imide groups is 1. The first kappa shape index (κ1) is 14.2. The highest BCUT2D eigenvalue weighted by Gasteiger charge is 2.43. The van der Waals surface area contributed by atoms with Gasteiger partial charge in [0.05, 0.1) is 0 Å². The molecule has 3 amide bonds. The van der Waals surface area contributed by atoms with Gasteiger partial charge in [-0.15, -0.1) is 0 Å². The highest BCUT2D eigenvalue weighted by Crippen LogP contribution is 2.21. The van der Waals surface area contributed by atoms with Crippen LogP contribution in [0.25, 0.3) is 0 Å². The van der Waals surface area contributed by atoms with E-state index in [-0.39, 0.29) is 12.5 Å². The predicted molar refractivity (Wildman–Crippen MR) is 72.6 cm³/mol. The average Bonchev–Trinajstić information content (AvgIpc) is 2.42. The summed E-state index contributed by atoms with van der Waals surface area (Å²) in [6, 6.07) is 6.81. The normalized spacial score (nSPS) is 17.9. The molecule has 0 unspecified atom stereocenters. The SMILES string of the molecule is CC1(C)C(=O)NC(=O)CN1C(=O)c1ccc(CN)cc1. The van der Waals surface area contributed by atoms with Gasteiger partial charge in [0.15, 0.2) is 0 Å². The maximum absolute atomic E-state index is 12.5. The third-order valence-electron chi connectivity index (χ3n) is 3.47. The lowest BCUT2D eigenvalue weighted by Gasteiger charge is -2.40. The second-order valence-electron chi connectivity index (χ2n) is 5.23. The minimum absolute atomic E-state index is 0.129. The molecule has 20 heavy (non-hydrogen) atoms. The first-order chi connectivity index (χ1) is 9.36. The van der Waals surface area contributed by atoms with Crippen molar-refractivity contribution in [2.45, 2.75) is 25.9 Å². The van der Waals surface area contributed by atoms with Gasteiger partial charge in [0.2, 0.25) is 5.91 Å². The Kier molecular flexibility index (Phi) is 3.59. The molecule has 6 heteroatoms. The number of hydrogen-bond donors (Lipinski definition) is 2. The first-order valence-corrected chi connectivity index (χ1v) is 6.31. The van der Waals surface area contributed by atoms with Crippen molar-refractivity contribution in [3.63, 3.8) is 0 Å². The Bertz CT molecular complexity index is 564. The van der Waals surface area contributed by atoms with Gasteiger partial charge in [0.1, 0.15) is 12.1 Å². The highest BCUT2D eigenvalue weighted by atomic mass is 16.2. The molecule has 2 rings (SSSR count). The summed E-state index contributed by atoms with van der Waals surface area (Å²) in [6.45, 7) is 3.49. The summed E-state index contributed by atoms with van der Waals surface area (Å²) in [4.78, 5) is 37.0. The van der Waals surface area contributed by atoms with Crippen LogP contribution in [0.2, 0.25) is 0 Å². The Balaban J connectivity index is 2.30. The molecular weight excluding hydrogens is 258 g/mol. The van der Waals surface area contributed by atoms with Gasteiger partial charge in [-0.25, -0.2) is 0 Å². The van der Waals surface area contributed by atoms with Crippen LogP contribution in [0.1, 0.15) is 29.8 Å². The van der Waals surface area contributed by atoms with E-state index in [1.807, 2.05) is 0 Å². The summed E-state index contributed by atoms with van der Waals surface area (Å²) in [5, 5.41) is 2.24. The summed E-state index contributed by atoms with van der Waals surface area (Å²) in [5.41, 5.74) is 5.79. The van der Waals surface area contributed by atoms with Crippen molar-refractivity contribution >= 4 is 17.7 Å². The zero-order valence-corrected chi connectivity index (χ0v) is 11.5. The van der Waals surface area contributed by atoms with Crippen LogP contribution >= 0.6 is 0 Å². The number of amides is 3. The zero-order valence-electron chi connectivity index (χ0n) is 11.5. The molecule has 6 nitrogen and oxygen atoms in total. The topological polar surface area (TPSA) is 92.5 Å². The van der Waals surface area contributed by atoms with Crippen LogP contribution < -0.4 is 11.1 Å². The van der Waals surface area contributed by atoms with Gasteiger partial charge in [-0.2, -0.15) is 0 Å². The molecule has 1 heterocycles. The monoisotopic (exact) mass is 275 g/mol. The number of hydrogen-bond acceptors (Lipinski definition) is 4. The van der Waals surface area contributed by atoms with Crippen molar-refractivity contribution in [3.05, 3.63) is 35.4 Å². The van der Waals surface area contributed by atoms with Crippen molar-refractivity contribution < 1.29 is 14.4 Å². The molecule has 0 spiro atoms. The van der Waals surface area contributed by atoms with Crippen LogP contribution in [0.4, 0.5) is 0 Å². The molecule has 1 fully saturated rings. The van der Waals surface area contributed by atoms with Crippen molar-refractivity contribution in [2.75, 3.05) is 6.54 Å². The number of nitrogens with zero attached hydrogens (tertiary/aromatic N) is 1. The molecule has 1 aliphatic rings. The van der Waals surface area contributed by atoms with E-state index >= 15 is 0 Å². The van der Waals surface area contributed by atoms with Gasteiger partial charge >= 0.3 is 0 Å². The van der Waals surface area contributed by atoms with E-state index < -0.39 is 17.4 Å². The molecular formula is C14H17N3O3. The maximum atomic E-state index is 12.5. The highest BCUT2D eigenvalue weighted by molar-refractivity contribution is 6.08. The minimum atomic E-state index is -1.06. The summed E-state index contributed by atoms with van der Waals surface area (Å²) < 4.78 is 0. The molecule has 0 atom stereocenters. The predicted octanol–water partition coefficient (Wildman–Crippen LogP) is 0.0225. The largest absolute Gasteiger partial charge is 0.326 e. The molecule has 0 bridgehead atoms. The number of benzene rings is 1. The average molecular weight is 275 g/mol. The van der Waals surface area contributed by atoms with Crippen molar-refractivity contribution in [1.82, 2.24) is 10.2 Å². The lowest BCUT2D eigenvalue weighted by Crippen LogP contribution is -2.65. The molecule has 0 saturated carbocycles. The van der Waals surface area contributed by atoms with Crippen LogP contribution in [0, 0.1) is 0 Å². The van der Waals surface area contributed by atoms with Gasteiger partial charge in [0.25, 0.3) is 11.8 Å². The first-order valence-electron chi connectivity index (χ1n) is 6.31. The van der Waals surface area contributed by atoms with Crippen LogP contribution in [-0.2, 0) is 16.1 Å². The van der Waals surface area contributed by atoms with E-state index in [2.05, 4.69) is 5.32 Å². The van der Waals surface area contributed by atoms with E-state index in [4.69, 9.17) is 5.73 Å². The Hall–Kier alpha value is -2.21. The Morgan fingerprint density at radius 3 is 2.45 bits per heavy atom. The lowest BCUT2D eigenvalue weighted by molar-refractivity contribution is -0.143. The van der Waals surface area contributed by atoms with Gasteiger partial charge in [-0.3, -0.25) is 19.7 Å². The van der Waals surface area contributed by atoms with Crippen LogP contribution in [0.15, 0.2) is 24.3 Å². The van der Waals surface area contributed by atoms with Gasteiger partial charge in [-0.1, -0.05) is 12.1 Å². The van der Waals surface area contributed by atoms with E-state index in [9.17, 15) is 14.4 Å². The third kappa shape index (κ3) is 2.42. The van der Waals surface area contributed by atoms with Gasteiger partial charge in [0, 0.05) is 12.1 Å². The van der Waals surface area contributed by atoms with E-state index in [0.717, 1.165) is 5.56 Å². The number of carbonyl (C=O) groups is 3. The number of rotatable bonds is 2. The van der Waals surface area contributed by atoms with E-state index in [0.29, 0.717) is 12.1 Å². The van der Waals surface area contributed by atoms with Gasteiger partial charge < -0.3 is 10.6 Å². The lowest BCUT2D eigenvalue weighted by atomic mass is 9.97. The smallest absolute Gasteiger partial charge is 0.255 e. The second kappa shape index (κ2) is 5.05. The Morgan fingerprint density at radius 1 is 1.30 bits per heavy atom. The summed E-state index contributed by atoms with van der Waals surface area (Å²) in [7, 11) is 0. The molecule has 1 aliphatic heterocycles. The standard InChI is InChI=1S/C14H17N3O3/c1-14(2)13(20)16-11(18)8-17(14)12(19)10-5-3-9(7-15)4-6-10/h3-6H,7-8,15H2,1-2H3,(H,16,18,20). The fraction of sp³-hybridized carbons (Fsp3) is 0.357. The molecule has 1 aromatic rings. The minimum Gasteiger partial charge on any atom is -0.326 e. The zero-order chi connectivity index (χ0) is 14.9. The number of nitrogens with two attached hydrogens (primary N) is 1. The summed E-state index contributed by atoms with van der Waals surface area (Å²) >= 11 is 0. The number of piperazine rings is 1. The molecule has 0 aliphatic carbocycles. The molecule has 3 N–H and O–H groups in total. The van der Waals surface area contributed by atoms with Crippen molar-refractivity contribution in [1.29, 1.82) is 0 Å². The fourth-order valence-electron chi connectivity index (χ4n) is 2.05. The molecule has 0 radical (unpaired) electrons. The molecule has 1 saturated heterocycles. The molecule has 0 aromatic heterocycles. The van der Waals surface area contributed by atoms with E-state index in [1.54, 1.807) is 38.1 Å². The number of nitrogens with one attached hydrogen (secondary N) is 1. The van der Waals surface area contributed by atoms with E-state index in [1.165, 1.54) is 4.90 Å².